The summed E-state index contributed by atoms with van der Waals surface area (Å²) in [4.78, 5) is 15.7. The topological polar surface area (TPSA) is 57.7 Å². The summed E-state index contributed by atoms with van der Waals surface area (Å²) in [5, 5.41) is 1.45. The first-order valence-corrected chi connectivity index (χ1v) is 9.87. The highest BCUT2D eigenvalue weighted by Crippen LogP contribution is 2.21. The maximum absolute atomic E-state index is 11.3. The van der Waals surface area contributed by atoms with Gasteiger partial charge in [-0.3, -0.25) is 4.79 Å². The lowest BCUT2D eigenvalue weighted by Gasteiger charge is -2.09. The number of hydrogen-bond acceptors (Lipinski definition) is 5. The number of hydrogen-bond donors (Lipinski definition) is 0. The quantitative estimate of drug-likeness (QED) is 0.154. The lowest BCUT2D eigenvalue weighted by Crippen LogP contribution is -2.05. The van der Waals surface area contributed by atoms with E-state index in [9.17, 15) is 4.79 Å². The van der Waals surface area contributed by atoms with Crippen molar-refractivity contribution >= 4 is 28.5 Å². The van der Waals surface area contributed by atoms with Crippen LogP contribution in [0.25, 0.3) is 10.9 Å². The van der Waals surface area contributed by atoms with Gasteiger partial charge in [0.2, 0.25) is 0 Å². The van der Waals surface area contributed by atoms with Gasteiger partial charge >= 0.3 is 5.97 Å². The summed E-state index contributed by atoms with van der Waals surface area (Å²) in [6, 6.07) is 9.78. The predicted octanol–water partition coefficient (Wildman–Crippen LogP) is 5.74. The third kappa shape index (κ3) is 7.62. The summed E-state index contributed by atoms with van der Waals surface area (Å²) in [5.41, 5.74) is 1.67. The van der Waals surface area contributed by atoms with Gasteiger partial charge in [-0.05, 0) is 50.6 Å². The van der Waals surface area contributed by atoms with Crippen LogP contribution in [0.3, 0.4) is 0 Å². The summed E-state index contributed by atoms with van der Waals surface area (Å²) < 4.78 is 16.3. The molecule has 0 aliphatic heterocycles. The van der Waals surface area contributed by atoms with E-state index < -0.39 is 0 Å². The van der Waals surface area contributed by atoms with Gasteiger partial charge in [-0.15, -0.1) is 0 Å². The Kier molecular flexibility index (Phi) is 9.25. The van der Waals surface area contributed by atoms with Crippen molar-refractivity contribution in [3.63, 3.8) is 0 Å². The minimum Gasteiger partial charge on any atom is -0.494 e. The van der Waals surface area contributed by atoms with Crippen molar-refractivity contribution in [3.05, 3.63) is 77.4 Å². The fraction of sp³-hybridized carbons (Fsp3) is 0.304. The number of aromatic nitrogens is 1. The first-order valence-electron chi connectivity index (χ1n) is 9.50. The van der Waals surface area contributed by atoms with Gasteiger partial charge in [0.15, 0.2) is 0 Å². The van der Waals surface area contributed by atoms with E-state index in [1.807, 2.05) is 37.3 Å². The molecule has 0 N–H and O–H groups in total. The van der Waals surface area contributed by atoms with Crippen LogP contribution < -0.4 is 0 Å². The zero-order valence-corrected chi connectivity index (χ0v) is 17.6. The highest BCUT2D eigenvalue weighted by Gasteiger charge is 2.06. The van der Waals surface area contributed by atoms with Crippen LogP contribution in [-0.2, 0) is 25.6 Å². The van der Waals surface area contributed by atoms with Crippen molar-refractivity contribution in [1.29, 1.82) is 0 Å². The average molecular weight is 416 g/mol. The summed E-state index contributed by atoms with van der Waals surface area (Å²) >= 11 is 6.26. The Morgan fingerprint density at radius 1 is 1.21 bits per heavy atom. The number of halogens is 1. The molecule has 0 saturated heterocycles. The Morgan fingerprint density at radius 3 is 2.76 bits per heavy atom. The summed E-state index contributed by atoms with van der Waals surface area (Å²) in [6.45, 7) is 8.48. The highest BCUT2D eigenvalue weighted by atomic mass is 35.5. The van der Waals surface area contributed by atoms with Crippen LogP contribution in [0.5, 0.6) is 0 Å². The van der Waals surface area contributed by atoms with Crippen LogP contribution in [0.4, 0.5) is 0 Å². The molecule has 0 bridgehead atoms. The lowest BCUT2D eigenvalue weighted by molar-refractivity contribution is -0.143. The maximum Gasteiger partial charge on any atom is 0.305 e. The van der Waals surface area contributed by atoms with Crippen LogP contribution in [0.15, 0.2) is 66.7 Å². The summed E-state index contributed by atoms with van der Waals surface area (Å²) in [7, 11) is 0. The SMILES string of the molecule is C=C/C(=C\C=C(/C)OCc1cc2ccccc2nc1Cl)OCCCC(=O)OCC. The van der Waals surface area contributed by atoms with E-state index in [1.54, 1.807) is 25.2 Å². The normalized spacial score (nSPS) is 12.0. The molecule has 0 unspecified atom stereocenters. The second kappa shape index (κ2) is 11.9. The number of carbonyl (C=O) groups is 1. The Balaban J connectivity index is 1.87. The Hall–Kier alpha value is -2.79. The van der Waals surface area contributed by atoms with E-state index >= 15 is 0 Å². The molecular weight excluding hydrogens is 390 g/mol. The Labute approximate surface area is 176 Å². The predicted molar refractivity (Wildman–Crippen MR) is 115 cm³/mol. The molecule has 29 heavy (non-hydrogen) atoms. The molecule has 0 fully saturated rings. The molecule has 0 atom stereocenters. The molecule has 0 saturated carbocycles. The molecule has 1 heterocycles. The minimum absolute atomic E-state index is 0.216. The number of pyridine rings is 1. The molecule has 1 aromatic heterocycles. The highest BCUT2D eigenvalue weighted by molar-refractivity contribution is 6.30. The van der Waals surface area contributed by atoms with E-state index in [0.29, 0.717) is 49.3 Å². The standard InChI is InChI=1S/C23H26ClNO4/c1-4-20(28-14-8-11-22(26)27-5-2)13-12-17(3)29-16-19-15-18-9-6-7-10-21(18)25-23(19)24/h4,6-7,9-10,12-13,15H,1,5,8,11,14,16H2,2-3H3/b17-12+,20-13+. The van der Waals surface area contributed by atoms with Crippen LogP contribution >= 0.6 is 11.6 Å². The largest absolute Gasteiger partial charge is 0.494 e. The molecule has 2 rings (SSSR count). The van der Waals surface area contributed by atoms with E-state index in [1.165, 1.54) is 0 Å². The third-order valence-corrected chi connectivity index (χ3v) is 4.32. The van der Waals surface area contributed by atoms with Gasteiger partial charge in [-0.2, -0.15) is 0 Å². The van der Waals surface area contributed by atoms with Crippen LogP contribution in [0, 0.1) is 0 Å². The van der Waals surface area contributed by atoms with Gasteiger partial charge in [0.25, 0.3) is 0 Å². The van der Waals surface area contributed by atoms with Gasteiger partial charge in [-0.1, -0.05) is 36.4 Å². The van der Waals surface area contributed by atoms with Gasteiger partial charge in [0.05, 0.1) is 24.5 Å². The molecule has 1 aromatic carbocycles. The molecule has 2 aromatic rings. The molecule has 0 aliphatic rings. The molecule has 0 amide bonds. The summed E-state index contributed by atoms with van der Waals surface area (Å²) in [6.07, 6.45) is 6.09. The minimum atomic E-state index is -0.216. The zero-order valence-electron chi connectivity index (χ0n) is 16.8. The molecule has 5 nitrogen and oxygen atoms in total. The average Bonchev–Trinajstić information content (AvgIpc) is 2.71. The second-order valence-corrected chi connectivity index (χ2v) is 6.59. The molecule has 6 heteroatoms. The van der Waals surface area contributed by atoms with Crippen molar-refractivity contribution in [2.75, 3.05) is 13.2 Å². The third-order valence-electron chi connectivity index (χ3n) is 3.99. The van der Waals surface area contributed by atoms with Crippen LogP contribution in [0.1, 0.15) is 32.3 Å². The number of allylic oxidation sites excluding steroid dienone is 4. The fourth-order valence-corrected chi connectivity index (χ4v) is 2.69. The number of benzene rings is 1. The van der Waals surface area contributed by atoms with Gasteiger partial charge < -0.3 is 14.2 Å². The van der Waals surface area contributed by atoms with E-state index in [0.717, 1.165) is 16.5 Å². The Morgan fingerprint density at radius 2 is 2.00 bits per heavy atom. The number of fused-ring (bicyclic) bond motifs is 1. The number of ether oxygens (including phenoxy) is 3. The number of esters is 1. The molecular formula is C23H26ClNO4. The molecule has 154 valence electrons. The first kappa shape index (κ1) is 22.5. The smallest absolute Gasteiger partial charge is 0.305 e. The second-order valence-electron chi connectivity index (χ2n) is 6.23. The van der Waals surface area contributed by atoms with Crippen LogP contribution in [-0.4, -0.2) is 24.2 Å². The van der Waals surface area contributed by atoms with Crippen molar-refractivity contribution in [2.45, 2.75) is 33.3 Å². The van der Waals surface area contributed by atoms with Crippen LogP contribution in [0.2, 0.25) is 5.15 Å². The summed E-state index contributed by atoms with van der Waals surface area (Å²) in [5.74, 6) is 1.08. The number of rotatable bonds is 11. The number of nitrogens with zero attached hydrogens (tertiary/aromatic N) is 1. The van der Waals surface area contributed by atoms with Crippen molar-refractivity contribution in [1.82, 2.24) is 4.98 Å². The lowest BCUT2D eigenvalue weighted by atomic mass is 10.2. The fourth-order valence-electron chi connectivity index (χ4n) is 2.49. The van der Waals surface area contributed by atoms with E-state index in [2.05, 4.69) is 11.6 Å². The van der Waals surface area contributed by atoms with Gasteiger partial charge in [0, 0.05) is 17.4 Å². The van der Waals surface area contributed by atoms with Crippen molar-refractivity contribution in [2.24, 2.45) is 0 Å². The van der Waals surface area contributed by atoms with E-state index in [4.69, 9.17) is 25.8 Å². The molecule has 0 aliphatic carbocycles. The van der Waals surface area contributed by atoms with Crippen molar-refractivity contribution < 1.29 is 19.0 Å². The zero-order chi connectivity index (χ0) is 21.1. The van der Waals surface area contributed by atoms with Crippen molar-refractivity contribution in [3.8, 4) is 0 Å². The first-order chi connectivity index (χ1) is 14.0. The molecule has 0 radical (unpaired) electrons. The van der Waals surface area contributed by atoms with Gasteiger partial charge in [-0.25, -0.2) is 4.98 Å². The maximum atomic E-state index is 11.3. The van der Waals surface area contributed by atoms with Gasteiger partial charge in [0.1, 0.15) is 17.5 Å². The monoisotopic (exact) mass is 415 g/mol. The van der Waals surface area contributed by atoms with E-state index in [-0.39, 0.29) is 5.97 Å². The number of carbonyl (C=O) groups excluding carboxylic acids is 1. The Bertz CT molecular complexity index is 905. The number of para-hydroxylation sites is 1. The molecule has 0 spiro atoms.